The molecule has 0 bridgehead atoms. The van der Waals surface area contributed by atoms with Gasteiger partial charge in [0.25, 0.3) is 5.91 Å². The highest BCUT2D eigenvalue weighted by Gasteiger charge is 2.48. The highest BCUT2D eigenvalue weighted by molar-refractivity contribution is 6.18. The lowest BCUT2D eigenvalue weighted by Crippen LogP contribution is -2.51. The van der Waals surface area contributed by atoms with E-state index in [1.807, 2.05) is 4.90 Å². The molecule has 1 amide bonds. The number of guanidine groups is 1. The fourth-order valence-electron chi connectivity index (χ4n) is 4.31. The maximum Gasteiger partial charge on any atom is 0.416 e. The normalized spacial score (nSPS) is 23.6. The molecule has 2 aromatic rings. The molecule has 0 radical (unpaired) electrons. The first kappa shape index (κ1) is 17.3. The average Bonchev–Trinajstić information content (AvgIpc) is 3.33. The van der Waals surface area contributed by atoms with E-state index in [2.05, 4.69) is 9.97 Å². The van der Waals surface area contributed by atoms with Crippen molar-refractivity contribution in [2.75, 3.05) is 11.9 Å². The highest BCUT2D eigenvalue weighted by atomic mass is 19.4. The van der Waals surface area contributed by atoms with Gasteiger partial charge in [0, 0.05) is 13.5 Å². The van der Waals surface area contributed by atoms with Crippen LogP contribution in [0.5, 0.6) is 0 Å². The fourth-order valence-corrected chi connectivity index (χ4v) is 4.31. The van der Waals surface area contributed by atoms with Crippen molar-refractivity contribution in [2.45, 2.75) is 43.9 Å². The van der Waals surface area contributed by atoms with Crippen molar-refractivity contribution in [1.29, 1.82) is 0 Å². The van der Waals surface area contributed by atoms with E-state index in [4.69, 9.17) is 4.99 Å². The molecule has 0 unspecified atom stereocenters. The number of benzene rings is 1. The number of alkyl halides is 3. The summed E-state index contributed by atoms with van der Waals surface area (Å²) in [6.45, 7) is 0. The zero-order valence-electron chi connectivity index (χ0n) is 15.1. The molecule has 1 aromatic carbocycles. The Hall–Kier alpha value is -2.84. The third-order valence-corrected chi connectivity index (χ3v) is 5.71. The first-order valence-electron chi connectivity index (χ1n) is 9.23. The van der Waals surface area contributed by atoms with Crippen LogP contribution in [-0.2, 0) is 12.6 Å². The lowest BCUT2D eigenvalue weighted by Gasteiger charge is -2.33. The van der Waals surface area contributed by atoms with Crippen LogP contribution in [0.2, 0.25) is 0 Å². The standard InChI is InChI=1S/C19H18F3N5O/c1-26-17(28)15-16(27-13-4-2-3-12(13)23-18(26)27)25-14(24-15)9-10-5-7-11(8-6-10)19(20,21)22/h5-8,12-13H,2-4,9H2,1H3,(H,24,25)/t12-,13+/m0/s1. The lowest BCUT2D eigenvalue weighted by molar-refractivity contribution is -0.137. The second-order valence-corrected chi connectivity index (χ2v) is 7.48. The number of amides is 1. The molecule has 1 aliphatic carbocycles. The Morgan fingerprint density at radius 2 is 1.96 bits per heavy atom. The Kier molecular flexibility index (Phi) is 3.59. The van der Waals surface area contributed by atoms with Crippen LogP contribution >= 0.6 is 0 Å². The number of imidazole rings is 1. The molecule has 1 fully saturated rings. The van der Waals surface area contributed by atoms with Gasteiger partial charge in [-0.3, -0.25) is 14.6 Å². The van der Waals surface area contributed by atoms with E-state index < -0.39 is 11.7 Å². The van der Waals surface area contributed by atoms with Crippen molar-refractivity contribution in [3.05, 3.63) is 46.9 Å². The second-order valence-electron chi connectivity index (χ2n) is 7.48. The number of anilines is 1. The van der Waals surface area contributed by atoms with Crippen molar-refractivity contribution in [3.63, 3.8) is 0 Å². The van der Waals surface area contributed by atoms with Crippen LogP contribution in [0, 0.1) is 0 Å². The van der Waals surface area contributed by atoms with Crippen LogP contribution in [0.3, 0.4) is 0 Å². The monoisotopic (exact) mass is 389 g/mol. The van der Waals surface area contributed by atoms with Crippen LogP contribution in [0.1, 0.15) is 46.7 Å². The third kappa shape index (κ3) is 2.52. The molecule has 1 N–H and O–H groups in total. The zero-order valence-corrected chi connectivity index (χ0v) is 15.1. The number of aliphatic imine (C=N–C) groups is 1. The summed E-state index contributed by atoms with van der Waals surface area (Å²) in [6, 6.07) is 5.40. The summed E-state index contributed by atoms with van der Waals surface area (Å²) in [4.78, 5) is 28.7. The molecule has 146 valence electrons. The van der Waals surface area contributed by atoms with E-state index in [9.17, 15) is 18.0 Å². The summed E-state index contributed by atoms with van der Waals surface area (Å²) in [5.74, 6) is 1.57. The number of carbonyl (C=O) groups is 1. The van der Waals surface area contributed by atoms with Crippen molar-refractivity contribution in [1.82, 2.24) is 14.9 Å². The number of fused-ring (bicyclic) bond motifs is 5. The second kappa shape index (κ2) is 5.83. The van der Waals surface area contributed by atoms with Gasteiger partial charge in [-0.05, 0) is 37.0 Å². The van der Waals surface area contributed by atoms with E-state index >= 15 is 0 Å². The molecule has 1 saturated carbocycles. The summed E-state index contributed by atoms with van der Waals surface area (Å²) < 4.78 is 38.2. The number of aromatic nitrogens is 2. The molecule has 0 saturated heterocycles. The summed E-state index contributed by atoms with van der Waals surface area (Å²) in [5, 5.41) is 0. The largest absolute Gasteiger partial charge is 0.416 e. The molecule has 9 heteroatoms. The number of H-pyrrole nitrogens is 1. The van der Waals surface area contributed by atoms with Crippen LogP contribution < -0.4 is 4.90 Å². The Balaban J connectivity index is 1.46. The van der Waals surface area contributed by atoms with Gasteiger partial charge in [0.1, 0.15) is 11.5 Å². The number of hydrogen-bond donors (Lipinski definition) is 1. The average molecular weight is 389 g/mol. The van der Waals surface area contributed by atoms with Crippen molar-refractivity contribution in [2.24, 2.45) is 4.99 Å². The minimum Gasteiger partial charge on any atom is -0.336 e. The number of carbonyl (C=O) groups excluding carboxylic acids is 1. The molecule has 1 aromatic heterocycles. The Morgan fingerprint density at radius 3 is 2.68 bits per heavy atom. The van der Waals surface area contributed by atoms with E-state index in [0.717, 1.165) is 31.4 Å². The zero-order chi connectivity index (χ0) is 19.6. The third-order valence-electron chi connectivity index (χ3n) is 5.71. The maximum atomic E-state index is 12.7. The molecular weight excluding hydrogens is 371 g/mol. The molecule has 2 atom stereocenters. The Bertz CT molecular complexity index is 978. The van der Waals surface area contributed by atoms with Crippen LogP contribution in [-0.4, -0.2) is 45.9 Å². The van der Waals surface area contributed by atoms with Gasteiger partial charge < -0.3 is 4.98 Å². The highest BCUT2D eigenvalue weighted by Crippen LogP contribution is 2.39. The van der Waals surface area contributed by atoms with E-state index in [1.54, 1.807) is 11.9 Å². The number of aromatic amines is 1. The molecule has 2 aliphatic heterocycles. The minimum atomic E-state index is -4.36. The van der Waals surface area contributed by atoms with Gasteiger partial charge in [-0.15, -0.1) is 0 Å². The molecule has 6 nitrogen and oxygen atoms in total. The molecule has 3 aliphatic rings. The smallest absolute Gasteiger partial charge is 0.336 e. The summed E-state index contributed by atoms with van der Waals surface area (Å²) in [6.07, 6.45) is -0.942. The van der Waals surface area contributed by atoms with Crippen LogP contribution in [0.4, 0.5) is 19.0 Å². The predicted molar refractivity (Wildman–Crippen MR) is 96.3 cm³/mol. The number of nitrogens with one attached hydrogen (secondary N) is 1. The summed E-state index contributed by atoms with van der Waals surface area (Å²) in [7, 11) is 1.70. The number of rotatable bonds is 2. The first-order chi connectivity index (χ1) is 13.3. The molecule has 5 rings (SSSR count). The van der Waals surface area contributed by atoms with Crippen molar-refractivity contribution in [3.8, 4) is 0 Å². The lowest BCUT2D eigenvalue weighted by atomic mass is 10.1. The molecule has 3 heterocycles. The van der Waals surface area contributed by atoms with Crippen LogP contribution in [0.25, 0.3) is 0 Å². The van der Waals surface area contributed by atoms with Gasteiger partial charge in [0.2, 0.25) is 5.96 Å². The first-order valence-corrected chi connectivity index (χ1v) is 9.23. The van der Waals surface area contributed by atoms with Gasteiger partial charge in [-0.2, -0.15) is 13.2 Å². The minimum absolute atomic E-state index is 0.186. The Morgan fingerprint density at radius 1 is 1.21 bits per heavy atom. The van der Waals surface area contributed by atoms with E-state index in [0.29, 0.717) is 35.3 Å². The molecule has 28 heavy (non-hydrogen) atoms. The quantitative estimate of drug-likeness (QED) is 0.858. The maximum absolute atomic E-state index is 12.7. The molecular formula is C19H18F3N5O. The number of hydrogen-bond acceptors (Lipinski definition) is 4. The van der Waals surface area contributed by atoms with Gasteiger partial charge in [0.15, 0.2) is 5.82 Å². The summed E-state index contributed by atoms with van der Waals surface area (Å²) in [5.41, 5.74) is 0.418. The number of nitrogens with zero attached hydrogens (tertiary/aromatic N) is 4. The van der Waals surface area contributed by atoms with E-state index in [1.165, 1.54) is 12.1 Å². The van der Waals surface area contributed by atoms with E-state index in [-0.39, 0.29) is 18.0 Å². The van der Waals surface area contributed by atoms with Gasteiger partial charge >= 0.3 is 6.18 Å². The van der Waals surface area contributed by atoms with Gasteiger partial charge in [-0.25, -0.2) is 9.98 Å². The van der Waals surface area contributed by atoms with Crippen molar-refractivity contribution >= 4 is 17.7 Å². The Labute approximate surface area is 159 Å². The van der Waals surface area contributed by atoms with Crippen LogP contribution in [0.15, 0.2) is 29.3 Å². The predicted octanol–water partition coefficient (Wildman–Crippen LogP) is 3.20. The van der Waals surface area contributed by atoms with Crippen molar-refractivity contribution < 1.29 is 18.0 Å². The fraction of sp³-hybridized carbons (Fsp3) is 0.421. The van der Waals surface area contributed by atoms with Gasteiger partial charge in [0.05, 0.1) is 17.6 Å². The summed E-state index contributed by atoms with van der Waals surface area (Å²) >= 11 is 0. The SMILES string of the molecule is CN1C(=O)c2[nH]c(Cc3ccc(C(F)(F)F)cc3)nc2N2C1=N[C@H]1CCC[C@H]12. The number of halogens is 3. The van der Waals surface area contributed by atoms with Gasteiger partial charge in [-0.1, -0.05) is 12.1 Å². The molecule has 0 spiro atoms. The topological polar surface area (TPSA) is 64.6 Å².